The van der Waals surface area contributed by atoms with Gasteiger partial charge in [0.05, 0.1) is 4.90 Å². The zero-order chi connectivity index (χ0) is 24.9. The minimum absolute atomic E-state index is 0.0964. The van der Waals surface area contributed by atoms with Crippen molar-refractivity contribution in [3.05, 3.63) is 59.7 Å². The smallest absolute Gasteiger partial charge is 0.247 e. The van der Waals surface area contributed by atoms with Crippen LogP contribution in [0.2, 0.25) is 0 Å². The van der Waals surface area contributed by atoms with E-state index >= 15 is 0 Å². The maximum atomic E-state index is 13.0. The van der Waals surface area contributed by atoms with E-state index in [1.807, 2.05) is 45.0 Å². The summed E-state index contributed by atoms with van der Waals surface area (Å²) in [5.41, 5.74) is 2.87. The summed E-state index contributed by atoms with van der Waals surface area (Å²) in [5, 5.41) is 5.79. The van der Waals surface area contributed by atoms with Crippen LogP contribution in [-0.4, -0.2) is 43.7 Å². The van der Waals surface area contributed by atoms with Crippen LogP contribution in [0.4, 0.5) is 5.69 Å². The quantitative estimate of drug-likeness (QED) is 0.595. The van der Waals surface area contributed by atoms with E-state index in [2.05, 4.69) is 17.6 Å². The number of hydrogen-bond donors (Lipinski definition) is 2. The summed E-state index contributed by atoms with van der Waals surface area (Å²) in [6.07, 6.45) is 1.76. The molecule has 2 aromatic rings. The average molecular weight is 486 g/mol. The van der Waals surface area contributed by atoms with Crippen molar-refractivity contribution in [2.45, 2.75) is 57.9 Å². The van der Waals surface area contributed by atoms with Crippen molar-refractivity contribution in [2.75, 3.05) is 18.4 Å². The maximum absolute atomic E-state index is 13.0. The highest BCUT2D eigenvalue weighted by Gasteiger charge is 2.34. The highest BCUT2D eigenvalue weighted by atomic mass is 32.2. The van der Waals surface area contributed by atoms with Gasteiger partial charge >= 0.3 is 0 Å². The number of piperidine rings is 1. The molecule has 2 N–H and O–H groups in total. The number of anilines is 1. The van der Waals surface area contributed by atoms with Gasteiger partial charge in [0.15, 0.2) is 0 Å². The number of nitrogens with zero attached hydrogens (tertiary/aromatic N) is 1. The van der Waals surface area contributed by atoms with Crippen molar-refractivity contribution in [3.63, 3.8) is 0 Å². The predicted octanol–water partition coefficient (Wildman–Crippen LogP) is 3.74. The standard InChI is InChI=1S/C26H35N3O4S/c1-5-20-8-10-22(11-9-20)27-26(31)24(18(2)3)28-25(30)21-14-16-29(17-15-21)34(32,33)23-12-6-19(4)7-13-23/h6-13,18,21,24H,5,14-17H2,1-4H3,(H,27,31)(H,28,30). The third-order valence-corrected chi connectivity index (χ3v) is 8.27. The fraction of sp³-hybridized carbons (Fsp3) is 0.462. The molecular weight excluding hydrogens is 450 g/mol. The van der Waals surface area contributed by atoms with Crippen LogP contribution in [0, 0.1) is 18.8 Å². The first kappa shape index (κ1) is 25.9. The summed E-state index contributed by atoms with van der Waals surface area (Å²) in [7, 11) is -3.58. The molecule has 2 aromatic carbocycles. The first-order valence-electron chi connectivity index (χ1n) is 11.9. The largest absolute Gasteiger partial charge is 0.344 e. The van der Waals surface area contributed by atoms with Gasteiger partial charge in [-0.15, -0.1) is 0 Å². The Morgan fingerprint density at radius 3 is 2.12 bits per heavy atom. The molecule has 2 amide bonds. The Morgan fingerprint density at radius 2 is 1.59 bits per heavy atom. The number of carbonyl (C=O) groups excluding carboxylic acids is 2. The van der Waals surface area contributed by atoms with Crippen LogP contribution in [0.1, 0.15) is 44.7 Å². The molecule has 1 fully saturated rings. The van der Waals surface area contributed by atoms with Gasteiger partial charge in [0.1, 0.15) is 6.04 Å². The minimum Gasteiger partial charge on any atom is -0.344 e. The molecular formula is C26H35N3O4S. The van der Waals surface area contributed by atoms with Crippen molar-refractivity contribution in [1.29, 1.82) is 0 Å². The minimum atomic E-state index is -3.58. The van der Waals surface area contributed by atoms with Gasteiger partial charge in [-0.25, -0.2) is 8.42 Å². The van der Waals surface area contributed by atoms with Gasteiger partial charge < -0.3 is 10.6 Å². The zero-order valence-electron chi connectivity index (χ0n) is 20.4. The van der Waals surface area contributed by atoms with Crippen molar-refractivity contribution < 1.29 is 18.0 Å². The molecule has 8 heteroatoms. The van der Waals surface area contributed by atoms with Crippen molar-refractivity contribution in [2.24, 2.45) is 11.8 Å². The van der Waals surface area contributed by atoms with Gasteiger partial charge in [-0.05, 0) is 61.9 Å². The second-order valence-electron chi connectivity index (χ2n) is 9.26. The number of amides is 2. The molecule has 34 heavy (non-hydrogen) atoms. The molecule has 0 aromatic heterocycles. The summed E-state index contributed by atoms with van der Waals surface area (Å²) >= 11 is 0. The molecule has 0 saturated carbocycles. The normalized spacial score (nSPS) is 16.3. The first-order chi connectivity index (χ1) is 16.1. The zero-order valence-corrected chi connectivity index (χ0v) is 21.2. The summed E-state index contributed by atoms with van der Waals surface area (Å²) in [5.74, 6) is -0.891. The lowest BCUT2D eigenvalue weighted by Gasteiger charge is -2.32. The van der Waals surface area contributed by atoms with Crippen LogP contribution in [0.5, 0.6) is 0 Å². The highest BCUT2D eigenvalue weighted by Crippen LogP contribution is 2.24. The molecule has 1 atom stereocenters. The fourth-order valence-electron chi connectivity index (χ4n) is 4.07. The molecule has 3 rings (SSSR count). The van der Waals surface area contributed by atoms with Crippen LogP contribution in [0.25, 0.3) is 0 Å². The van der Waals surface area contributed by atoms with E-state index in [0.717, 1.165) is 12.0 Å². The highest BCUT2D eigenvalue weighted by molar-refractivity contribution is 7.89. The number of sulfonamides is 1. The van der Waals surface area contributed by atoms with Gasteiger partial charge in [0.25, 0.3) is 0 Å². The Hall–Kier alpha value is -2.71. The lowest BCUT2D eigenvalue weighted by atomic mass is 9.95. The lowest BCUT2D eigenvalue weighted by molar-refractivity contribution is -0.130. The Bertz CT molecular complexity index is 1090. The molecule has 0 spiro atoms. The molecule has 0 aliphatic carbocycles. The average Bonchev–Trinajstić information content (AvgIpc) is 2.83. The van der Waals surface area contributed by atoms with Gasteiger partial charge in [0, 0.05) is 24.7 Å². The number of hydrogen-bond acceptors (Lipinski definition) is 4. The van der Waals surface area contributed by atoms with E-state index in [4.69, 9.17) is 0 Å². The monoisotopic (exact) mass is 485 g/mol. The Balaban J connectivity index is 1.58. The Morgan fingerprint density at radius 1 is 1.00 bits per heavy atom. The summed E-state index contributed by atoms with van der Waals surface area (Å²) in [6.45, 7) is 8.31. The second kappa shape index (κ2) is 11.1. The third-order valence-electron chi connectivity index (χ3n) is 6.36. The molecule has 1 aliphatic rings. The molecule has 1 heterocycles. The van der Waals surface area contributed by atoms with E-state index < -0.39 is 16.1 Å². The molecule has 1 saturated heterocycles. The van der Waals surface area contributed by atoms with Crippen LogP contribution in [-0.2, 0) is 26.0 Å². The number of carbonyl (C=O) groups is 2. The summed E-state index contributed by atoms with van der Waals surface area (Å²) in [6, 6.07) is 13.8. The van der Waals surface area contributed by atoms with Gasteiger partial charge in [-0.2, -0.15) is 4.31 Å². The van der Waals surface area contributed by atoms with E-state index in [1.54, 1.807) is 24.3 Å². The molecule has 0 radical (unpaired) electrons. The van der Waals surface area contributed by atoms with E-state index in [1.165, 1.54) is 9.87 Å². The topological polar surface area (TPSA) is 95.6 Å². The summed E-state index contributed by atoms with van der Waals surface area (Å²) < 4.78 is 27.3. The van der Waals surface area contributed by atoms with Gasteiger partial charge in [0.2, 0.25) is 21.8 Å². The molecule has 1 unspecified atom stereocenters. The lowest BCUT2D eigenvalue weighted by Crippen LogP contribution is -2.50. The van der Waals surface area contributed by atoms with E-state index in [-0.39, 0.29) is 41.6 Å². The number of rotatable bonds is 8. The Kier molecular flexibility index (Phi) is 8.49. The van der Waals surface area contributed by atoms with Crippen molar-refractivity contribution in [3.8, 4) is 0 Å². The fourth-order valence-corrected chi connectivity index (χ4v) is 5.54. The van der Waals surface area contributed by atoms with E-state index in [0.29, 0.717) is 18.5 Å². The number of benzene rings is 2. The molecule has 7 nitrogen and oxygen atoms in total. The molecule has 1 aliphatic heterocycles. The second-order valence-corrected chi connectivity index (χ2v) is 11.2. The predicted molar refractivity (Wildman–Crippen MR) is 134 cm³/mol. The van der Waals surface area contributed by atoms with Gasteiger partial charge in [-0.3, -0.25) is 9.59 Å². The van der Waals surface area contributed by atoms with Crippen molar-refractivity contribution in [1.82, 2.24) is 9.62 Å². The maximum Gasteiger partial charge on any atom is 0.247 e. The third kappa shape index (κ3) is 6.24. The van der Waals surface area contributed by atoms with Crippen LogP contribution in [0.3, 0.4) is 0 Å². The molecule has 0 bridgehead atoms. The SMILES string of the molecule is CCc1ccc(NC(=O)C(NC(=O)C2CCN(S(=O)(=O)c3ccc(C)cc3)CC2)C(C)C)cc1. The number of aryl methyl sites for hydroxylation is 2. The molecule has 184 valence electrons. The summed E-state index contributed by atoms with van der Waals surface area (Å²) in [4.78, 5) is 26.1. The van der Waals surface area contributed by atoms with Crippen LogP contribution < -0.4 is 10.6 Å². The van der Waals surface area contributed by atoms with Crippen molar-refractivity contribution >= 4 is 27.5 Å². The Labute approximate surface area is 203 Å². The number of nitrogens with one attached hydrogen (secondary N) is 2. The first-order valence-corrected chi connectivity index (χ1v) is 13.3. The van der Waals surface area contributed by atoms with Crippen LogP contribution >= 0.6 is 0 Å². The van der Waals surface area contributed by atoms with Crippen LogP contribution in [0.15, 0.2) is 53.4 Å². The van der Waals surface area contributed by atoms with E-state index in [9.17, 15) is 18.0 Å². The van der Waals surface area contributed by atoms with Gasteiger partial charge in [-0.1, -0.05) is 50.6 Å².